The summed E-state index contributed by atoms with van der Waals surface area (Å²) in [4.78, 5) is 25.0. The Kier molecular flexibility index (Phi) is 6.03. The van der Waals surface area contributed by atoms with E-state index in [0.717, 1.165) is 11.8 Å². The molecule has 1 heterocycles. The lowest BCUT2D eigenvalue weighted by molar-refractivity contribution is -0.138. The van der Waals surface area contributed by atoms with E-state index in [-0.39, 0.29) is 28.8 Å². The van der Waals surface area contributed by atoms with Crippen LogP contribution in [0.4, 0.5) is 5.69 Å². The second kappa shape index (κ2) is 8.65. The summed E-state index contributed by atoms with van der Waals surface area (Å²) in [5.74, 6) is -1.22. The molecule has 0 saturated carbocycles. The van der Waals surface area contributed by atoms with Gasteiger partial charge in [-0.25, -0.2) is 0 Å². The smallest absolute Gasteiger partial charge is 0.305 e. The number of carbonyl (C=O) groups excluding carboxylic acids is 1. The van der Waals surface area contributed by atoms with E-state index < -0.39 is 17.1 Å². The summed E-state index contributed by atoms with van der Waals surface area (Å²) < 4.78 is 5.03. The van der Waals surface area contributed by atoms with E-state index in [1.54, 1.807) is 12.1 Å². The average Bonchev–Trinajstić information content (AvgIpc) is 2.98. The summed E-state index contributed by atoms with van der Waals surface area (Å²) in [6.45, 7) is 0. The quantitative estimate of drug-likeness (QED) is 0.487. The first-order chi connectivity index (χ1) is 13.9. The Hall–Kier alpha value is -3.53. The van der Waals surface area contributed by atoms with Crippen LogP contribution in [-0.4, -0.2) is 50.9 Å². The molecule has 3 N–H and O–H groups in total. The van der Waals surface area contributed by atoms with Gasteiger partial charge in [-0.2, -0.15) is 5.10 Å². The first-order valence-electron chi connectivity index (χ1n) is 8.38. The van der Waals surface area contributed by atoms with Crippen LogP contribution in [0.25, 0.3) is 0 Å². The van der Waals surface area contributed by atoms with Crippen molar-refractivity contribution in [2.75, 3.05) is 12.0 Å². The molecule has 1 atom stereocenters. The molecule has 1 amide bonds. The van der Waals surface area contributed by atoms with Crippen LogP contribution < -0.4 is 9.64 Å². The van der Waals surface area contributed by atoms with Crippen molar-refractivity contribution in [1.82, 2.24) is 0 Å². The molecule has 1 aliphatic heterocycles. The van der Waals surface area contributed by atoms with Gasteiger partial charge >= 0.3 is 5.97 Å². The molecule has 2 aromatic rings. The molecule has 0 spiro atoms. The summed E-state index contributed by atoms with van der Waals surface area (Å²) in [5, 5.41) is 35.6. The molecule has 9 nitrogen and oxygen atoms in total. The molecule has 0 aliphatic carbocycles. The van der Waals surface area contributed by atoms with E-state index in [9.17, 15) is 19.8 Å². The van der Waals surface area contributed by atoms with Gasteiger partial charge in [0.2, 0.25) is 5.91 Å². The summed E-state index contributed by atoms with van der Waals surface area (Å²) >= 11 is 1.00. The number of carboxylic acid groups (broad SMARTS) is 1. The fourth-order valence-corrected chi connectivity index (χ4v) is 3.66. The molecule has 1 aliphatic rings. The number of hydrogen-bond acceptors (Lipinski definition) is 8. The zero-order valence-electron chi connectivity index (χ0n) is 15.2. The Morgan fingerprint density at radius 1 is 1.24 bits per heavy atom. The summed E-state index contributed by atoms with van der Waals surface area (Å²) in [6.07, 6.45) is 1.06. The summed E-state index contributed by atoms with van der Waals surface area (Å²) in [6, 6.07) is 10.5. The van der Waals surface area contributed by atoms with Crippen LogP contribution in [0.1, 0.15) is 12.0 Å². The normalized spacial score (nSPS) is 18.0. The van der Waals surface area contributed by atoms with Gasteiger partial charge in [-0.1, -0.05) is 11.8 Å². The molecule has 29 heavy (non-hydrogen) atoms. The summed E-state index contributed by atoms with van der Waals surface area (Å²) in [7, 11) is 1.43. The second-order valence-electron chi connectivity index (χ2n) is 5.95. The van der Waals surface area contributed by atoms with Gasteiger partial charge < -0.3 is 20.1 Å². The highest BCUT2D eigenvalue weighted by atomic mass is 32.2. The van der Waals surface area contributed by atoms with Crippen molar-refractivity contribution in [1.29, 1.82) is 0 Å². The zero-order chi connectivity index (χ0) is 21.0. The number of phenols is 2. The van der Waals surface area contributed by atoms with Gasteiger partial charge in [0, 0.05) is 0 Å². The topological polar surface area (TPSA) is 132 Å². The number of methoxy groups -OCH3 is 1. The molecule has 1 unspecified atom stereocenters. The van der Waals surface area contributed by atoms with Crippen molar-refractivity contribution in [2.24, 2.45) is 10.2 Å². The van der Waals surface area contributed by atoms with Crippen molar-refractivity contribution in [3.8, 4) is 17.2 Å². The molecule has 0 aromatic heterocycles. The third kappa shape index (κ3) is 4.66. The number of amides is 1. The lowest BCUT2D eigenvalue weighted by atomic mass is 10.2. The van der Waals surface area contributed by atoms with Crippen molar-refractivity contribution in [3.05, 3.63) is 48.0 Å². The Morgan fingerprint density at radius 3 is 2.62 bits per heavy atom. The lowest BCUT2D eigenvalue weighted by Crippen LogP contribution is -2.32. The van der Waals surface area contributed by atoms with E-state index in [2.05, 4.69) is 10.2 Å². The zero-order valence-corrected chi connectivity index (χ0v) is 16.0. The van der Waals surface area contributed by atoms with E-state index >= 15 is 0 Å². The second-order valence-corrected chi connectivity index (χ2v) is 7.12. The van der Waals surface area contributed by atoms with Gasteiger partial charge in [-0.15, -0.1) is 5.10 Å². The first kappa shape index (κ1) is 20.2. The highest BCUT2D eigenvalue weighted by Crippen LogP contribution is 2.34. The number of nitrogens with zero attached hydrogens (tertiary/aromatic N) is 3. The largest absolute Gasteiger partial charge is 0.508 e. The maximum Gasteiger partial charge on any atom is 0.305 e. The molecular formula is C19H17N3O6S. The van der Waals surface area contributed by atoms with Crippen LogP contribution in [0, 0.1) is 0 Å². The van der Waals surface area contributed by atoms with E-state index in [0.29, 0.717) is 11.3 Å². The van der Waals surface area contributed by atoms with Crippen molar-refractivity contribution >= 4 is 40.7 Å². The number of carboxylic acids is 1. The van der Waals surface area contributed by atoms with Crippen LogP contribution in [0.5, 0.6) is 17.2 Å². The van der Waals surface area contributed by atoms with E-state index in [1.165, 1.54) is 48.6 Å². The molecule has 10 heteroatoms. The van der Waals surface area contributed by atoms with Crippen LogP contribution in [0.15, 0.2) is 52.7 Å². The predicted molar refractivity (Wildman–Crippen MR) is 109 cm³/mol. The number of rotatable bonds is 6. The maximum absolute atomic E-state index is 12.7. The maximum atomic E-state index is 12.7. The van der Waals surface area contributed by atoms with Gasteiger partial charge in [-0.05, 0) is 48.0 Å². The minimum atomic E-state index is -1.09. The molecule has 0 bridgehead atoms. The number of amidine groups is 1. The number of phenolic OH excluding ortho intramolecular Hbond substituents is 2. The van der Waals surface area contributed by atoms with Crippen molar-refractivity contribution < 1.29 is 29.6 Å². The van der Waals surface area contributed by atoms with E-state index in [4.69, 9.17) is 9.84 Å². The SMILES string of the molecule is COc1cc(/C=N/N=C2SC(CC(=O)O)C(=O)N2c2ccc(O)cc2)ccc1O. The minimum absolute atomic E-state index is 0.0112. The van der Waals surface area contributed by atoms with Crippen molar-refractivity contribution in [2.45, 2.75) is 11.7 Å². The Labute approximate surface area is 170 Å². The van der Waals surface area contributed by atoms with Gasteiger partial charge in [-0.3, -0.25) is 14.5 Å². The monoisotopic (exact) mass is 415 g/mol. The lowest BCUT2D eigenvalue weighted by Gasteiger charge is -2.15. The number of aliphatic carboxylic acids is 1. The minimum Gasteiger partial charge on any atom is -0.508 e. The number of anilines is 1. The molecular weight excluding hydrogens is 398 g/mol. The fraction of sp³-hybridized carbons (Fsp3) is 0.158. The third-order valence-corrected chi connectivity index (χ3v) is 5.08. The Bertz CT molecular complexity index is 990. The summed E-state index contributed by atoms with van der Waals surface area (Å²) in [5.41, 5.74) is 1.05. The fourth-order valence-electron chi connectivity index (χ4n) is 2.58. The number of aromatic hydroxyl groups is 2. The van der Waals surface area contributed by atoms with Crippen LogP contribution in [-0.2, 0) is 9.59 Å². The average molecular weight is 415 g/mol. The molecule has 3 rings (SSSR count). The number of hydrogen-bond donors (Lipinski definition) is 3. The highest BCUT2D eigenvalue weighted by Gasteiger charge is 2.40. The predicted octanol–water partition coefficient (Wildman–Crippen LogP) is 2.42. The van der Waals surface area contributed by atoms with Crippen LogP contribution in [0.2, 0.25) is 0 Å². The number of ether oxygens (including phenoxy) is 1. The first-order valence-corrected chi connectivity index (χ1v) is 9.26. The highest BCUT2D eigenvalue weighted by molar-refractivity contribution is 8.16. The molecule has 2 aromatic carbocycles. The number of benzene rings is 2. The molecule has 0 radical (unpaired) electrons. The number of thioether (sulfide) groups is 1. The van der Waals surface area contributed by atoms with Crippen molar-refractivity contribution in [3.63, 3.8) is 0 Å². The third-order valence-electron chi connectivity index (χ3n) is 3.96. The van der Waals surface area contributed by atoms with Crippen LogP contribution in [0.3, 0.4) is 0 Å². The van der Waals surface area contributed by atoms with Gasteiger partial charge in [0.25, 0.3) is 0 Å². The van der Waals surface area contributed by atoms with Gasteiger partial charge in [0.15, 0.2) is 16.7 Å². The van der Waals surface area contributed by atoms with Gasteiger partial charge in [0.1, 0.15) is 11.0 Å². The van der Waals surface area contributed by atoms with Gasteiger partial charge in [0.05, 0.1) is 25.4 Å². The Morgan fingerprint density at radius 2 is 1.97 bits per heavy atom. The number of carbonyl (C=O) groups is 2. The Balaban J connectivity index is 1.89. The molecule has 1 saturated heterocycles. The van der Waals surface area contributed by atoms with Crippen LogP contribution >= 0.6 is 11.8 Å². The molecule has 150 valence electrons. The standard InChI is InChI=1S/C19H17N3O6S/c1-28-15-8-11(2-7-14(15)24)10-20-21-19-22(12-3-5-13(23)6-4-12)18(27)16(29-19)9-17(25)26/h2-8,10,16,23-24H,9H2,1H3,(H,25,26)/b20-10+,21-19?. The molecule has 1 fully saturated rings. The van der Waals surface area contributed by atoms with E-state index in [1.807, 2.05) is 0 Å².